The zero-order valence-electron chi connectivity index (χ0n) is 9.65. The second-order valence-corrected chi connectivity index (χ2v) is 4.33. The lowest BCUT2D eigenvalue weighted by molar-refractivity contribution is 0.156. The fourth-order valence-electron chi connectivity index (χ4n) is 2.10. The highest BCUT2D eigenvalue weighted by Gasteiger charge is 2.18. The number of ether oxygens (including phenoxy) is 1. The van der Waals surface area contributed by atoms with Crippen molar-refractivity contribution in [3.63, 3.8) is 0 Å². The van der Waals surface area contributed by atoms with E-state index in [-0.39, 0.29) is 12.2 Å². The van der Waals surface area contributed by atoms with Gasteiger partial charge in [0.1, 0.15) is 11.9 Å². The van der Waals surface area contributed by atoms with Gasteiger partial charge in [-0.05, 0) is 49.4 Å². The Labute approximate surface area is 96.6 Å². The average Bonchev–Trinajstić information content (AvgIpc) is 2.29. The Morgan fingerprint density at radius 2 is 2.38 bits per heavy atom. The number of hydrogen-bond acceptors (Lipinski definition) is 2. The van der Waals surface area contributed by atoms with Crippen molar-refractivity contribution in [2.75, 3.05) is 0 Å². The maximum Gasteiger partial charge on any atom is 0.120 e. The van der Waals surface area contributed by atoms with Crippen LogP contribution in [0.5, 0.6) is 5.75 Å². The van der Waals surface area contributed by atoms with Crippen molar-refractivity contribution in [3.8, 4) is 5.75 Å². The lowest BCUT2D eigenvalue weighted by Gasteiger charge is -2.22. The lowest BCUT2D eigenvalue weighted by Crippen LogP contribution is -2.11. The van der Waals surface area contributed by atoms with E-state index in [1.807, 2.05) is 25.1 Å². The maximum atomic E-state index is 9.82. The molecule has 0 spiro atoms. The lowest BCUT2D eigenvalue weighted by atomic mass is 9.89. The van der Waals surface area contributed by atoms with Crippen molar-refractivity contribution in [2.45, 2.75) is 38.4 Å². The molecule has 0 amide bonds. The number of rotatable bonds is 3. The molecule has 1 aliphatic rings. The van der Waals surface area contributed by atoms with Gasteiger partial charge in [0.05, 0.1) is 6.10 Å². The predicted molar refractivity (Wildman–Crippen MR) is 64.6 cm³/mol. The summed E-state index contributed by atoms with van der Waals surface area (Å²) in [5, 5.41) is 9.82. The zero-order valence-corrected chi connectivity index (χ0v) is 9.65. The van der Waals surface area contributed by atoms with Crippen molar-refractivity contribution >= 4 is 0 Å². The second kappa shape index (κ2) is 4.71. The molecule has 1 aliphatic carbocycles. The summed E-state index contributed by atoms with van der Waals surface area (Å²) in [6, 6.07) is 5.94. The molecule has 2 heteroatoms. The third kappa shape index (κ3) is 2.27. The molecule has 2 nitrogen and oxygen atoms in total. The van der Waals surface area contributed by atoms with Crippen LogP contribution < -0.4 is 4.74 Å². The molecule has 0 aliphatic heterocycles. The Morgan fingerprint density at radius 3 is 3.12 bits per heavy atom. The van der Waals surface area contributed by atoms with Crippen LogP contribution >= 0.6 is 0 Å². The average molecular weight is 218 g/mol. The highest BCUT2D eigenvalue weighted by molar-refractivity contribution is 5.38. The standard InChI is InChI=1S/C14H18O2/c1-3-10(2)16-12-7-8-13-11(9-12)5-4-6-14(13)15/h3,7-10,14-15H,1,4-6H2,2H3. The molecule has 1 N–H and O–H groups in total. The number of aliphatic hydroxyl groups is 1. The summed E-state index contributed by atoms with van der Waals surface area (Å²) in [7, 11) is 0. The van der Waals surface area contributed by atoms with Gasteiger partial charge in [-0.15, -0.1) is 0 Å². The molecule has 86 valence electrons. The van der Waals surface area contributed by atoms with Gasteiger partial charge in [0.15, 0.2) is 0 Å². The molecule has 0 heterocycles. The van der Waals surface area contributed by atoms with Crippen LogP contribution in [0.15, 0.2) is 30.9 Å². The number of fused-ring (bicyclic) bond motifs is 1. The van der Waals surface area contributed by atoms with Gasteiger partial charge < -0.3 is 9.84 Å². The van der Waals surface area contributed by atoms with Crippen LogP contribution in [0.3, 0.4) is 0 Å². The van der Waals surface area contributed by atoms with E-state index in [1.54, 1.807) is 6.08 Å². The molecule has 0 aromatic heterocycles. The Hall–Kier alpha value is -1.28. The molecular formula is C14H18O2. The van der Waals surface area contributed by atoms with Gasteiger partial charge >= 0.3 is 0 Å². The summed E-state index contributed by atoms with van der Waals surface area (Å²) in [5.41, 5.74) is 2.28. The largest absolute Gasteiger partial charge is 0.487 e. The van der Waals surface area contributed by atoms with Crippen LogP contribution in [0.4, 0.5) is 0 Å². The van der Waals surface area contributed by atoms with E-state index >= 15 is 0 Å². The van der Waals surface area contributed by atoms with E-state index in [4.69, 9.17) is 4.74 Å². The number of aryl methyl sites for hydroxylation is 1. The third-order valence-electron chi connectivity index (χ3n) is 3.05. The van der Waals surface area contributed by atoms with Crippen LogP contribution in [-0.4, -0.2) is 11.2 Å². The first-order valence-corrected chi connectivity index (χ1v) is 5.81. The van der Waals surface area contributed by atoms with E-state index < -0.39 is 0 Å². The van der Waals surface area contributed by atoms with Gasteiger partial charge in [0, 0.05) is 0 Å². The van der Waals surface area contributed by atoms with Gasteiger partial charge in [-0.1, -0.05) is 18.7 Å². The summed E-state index contributed by atoms with van der Waals surface area (Å²) in [5.74, 6) is 0.861. The van der Waals surface area contributed by atoms with E-state index in [0.29, 0.717) is 0 Å². The first-order valence-electron chi connectivity index (χ1n) is 5.81. The zero-order chi connectivity index (χ0) is 11.5. The van der Waals surface area contributed by atoms with Gasteiger partial charge in [-0.3, -0.25) is 0 Å². The van der Waals surface area contributed by atoms with Gasteiger partial charge in [0.25, 0.3) is 0 Å². The molecule has 0 radical (unpaired) electrons. The minimum atomic E-state index is -0.297. The molecule has 1 aromatic rings. The van der Waals surface area contributed by atoms with E-state index in [2.05, 4.69) is 6.58 Å². The van der Waals surface area contributed by atoms with Crippen molar-refractivity contribution in [2.24, 2.45) is 0 Å². The number of aliphatic hydroxyl groups excluding tert-OH is 1. The fraction of sp³-hybridized carbons (Fsp3) is 0.429. The Bertz CT molecular complexity index is 384. The van der Waals surface area contributed by atoms with Crippen LogP contribution in [-0.2, 0) is 6.42 Å². The normalized spacial score (nSPS) is 21.0. The highest BCUT2D eigenvalue weighted by atomic mass is 16.5. The van der Waals surface area contributed by atoms with E-state index in [9.17, 15) is 5.11 Å². The molecule has 2 unspecified atom stereocenters. The second-order valence-electron chi connectivity index (χ2n) is 4.33. The number of hydrogen-bond donors (Lipinski definition) is 1. The first kappa shape index (κ1) is 11.2. The summed E-state index contributed by atoms with van der Waals surface area (Å²) < 4.78 is 5.67. The van der Waals surface area contributed by atoms with E-state index in [1.165, 1.54) is 5.56 Å². The summed E-state index contributed by atoms with van der Waals surface area (Å²) in [6.45, 7) is 5.65. The fourth-order valence-corrected chi connectivity index (χ4v) is 2.10. The Morgan fingerprint density at radius 1 is 1.56 bits per heavy atom. The smallest absolute Gasteiger partial charge is 0.120 e. The van der Waals surface area contributed by atoms with Crippen LogP contribution in [0.2, 0.25) is 0 Å². The van der Waals surface area contributed by atoms with Crippen molar-refractivity contribution in [1.82, 2.24) is 0 Å². The van der Waals surface area contributed by atoms with Crippen LogP contribution in [0.1, 0.15) is 37.0 Å². The van der Waals surface area contributed by atoms with Crippen LogP contribution in [0.25, 0.3) is 0 Å². The van der Waals surface area contributed by atoms with E-state index in [0.717, 1.165) is 30.6 Å². The van der Waals surface area contributed by atoms with Crippen LogP contribution in [0, 0.1) is 0 Å². The summed E-state index contributed by atoms with van der Waals surface area (Å²) in [6.07, 6.45) is 4.45. The predicted octanol–water partition coefficient (Wildman–Crippen LogP) is 3.01. The Kier molecular flexibility index (Phi) is 3.30. The quantitative estimate of drug-likeness (QED) is 0.790. The SMILES string of the molecule is C=CC(C)Oc1ccc2c(c1)CCCC2O. The molecular weight excluding hydrogens is 200 g/mol. The molecule has 0 bridgehead atoms. The third-order valence-corrected chi connectivity index (χ3v) is 3.05. The van der Waals surface area contributed by atoms with Crippen molar-refractivity contribution < 1.29 is 9.84 Å². The topological polar surface area (TPSA) is 29.5 Å². The minimum Gasteiger partial charge on any atom is -0.487 e. The molecule has 0 saturated carbocycles. The molecule has 16 heavy (non-hydrogen) atoms. The van der Waals surface area contributed by atoms with Gasteiger partial charge in [-0.25, -0.2) is 0 Å². The van der Waals surface area contributed by atoms with Gasteiger partial charge in [-0.2, -0.15) is 0 Å². The monoisotopic (exact) mass is 218 g/mol. The van der Waals surface area contributed by atoms with Gasteiger partial charge in [0.2, 0.25) is 0 Å². The molecule has 2 rings (SSSR count). The van der Waals surface area contributed by atoms with Crippen molar-refractivity contribution in [3.05, 3.63) is 42.0 Å². The highest BCUT2D eigenvalue weighted by Crippen LogP contribution is 2.32. The molecule has 1 aromatic carbocycles. The van der Waals surface area contributed by atoms with Crippen molar-refractivity contribution in [1.29, 1.82) is 0 Å². The maximum absolute atomic E-state index is 9.82. The Balaban J connectivity index is 2.21. The summed E-state index contributed by atoms with van der Waals surface area (Å²) >= 11 is 0. The molecule has 0 fully saturated rings. The first-order chi connectivity index (χ1) is 7.70. The molecule has 0 saturated heterocycles. The number of benzene rings is 1. The minimum absolute atomic E-state index is 0.0200. The summed E-state index contributed by atoms with van der Waals surface area (Å²) in [4.78, 5) is 0. The molecule has 2 atom stereocenters.